The van der Waals surface area contributed by atoms with Crippen LogP contribution in [-0.2, 0) is 15.0 Å². The van der Waals surface area contributed by atoms with Gasteiger partial charge in [-0.1, -0.05) is 30.9 Å². The van der Waals surface area contributed by atoms with Crippen molar-refractivity contribution in [2.75, 3.05) is 24.5 Å². The van der Waals surface area contributed by atoms with Crippen molar-refractivity contribution in [3.05, 3.63) is 23.0 Å². The molecule has 0 radical (unpaired) electrons. The van der Waals surface area contributed by atoms with Crippen LogP contribution in [0.15, 0.2) is 12.1 Å². The lowest BCUT2D eigenvalue weighted by Crippen LogP contribution is -2.46. The standard InChI is InChI=1S/C20H22ClF2N3O2/c21-14-5-4-13-16(24-14)19(6-2-1-3-7-19)17(28)26(13)10-15(27)25-9-8-18(12-25)11-20(18,22)23/h4-5H,1-3,6-12H2. The first-order valence-electron chi connectivity index (χ1n) is 9.93. The predicted molar refractivity (Wildman–Crippen MR) is 99.6 cm³/mol. The Balaban J connectivity index is 1.40. The monoisotopic (exact) mass is 409 g/mol. The van der Waals surface area contributed by atoms with Gasteiger partial charge in [-0.15, -0.1) is 0 Å². The van der Waals surface area contributed by atoms with Gasteiger partial charge in [-0.25, -0.2) is 13.8 Å². The second-order valence-corrected chi connectivity index (χ2v) is 9.15. The van der Waals surface area contributed by atoms with Gasteiger partial charge < -0.3 is 9.80 Å². The first-order chi connectivity index (χ1) is 13.3. The lowest BCUT2D eigenvalue weighted by atomic mass is 9.72. The highest BCUT2D eigenvalue weighted by atomic mass is 35.5. The highest BCUT2D eigenvalue weighted by Gasteiger charge is 2.73. The maximum Gasteiger partial charge on any atom is 0.256 e. The Morgan fingerprint density at radius 1 is 1.18 bits per heavy atom. The Morgan fingerprint density at radius 3 is 2.54 bits per heavy atom. The first-order valence-corrected chi connectivity index (χ1v) is 10.3. The number of rotatable bonds is 2. The van der Waals surface area contributed by atoms with Gasteiger partial charge in [0.05, 0.1) is 22.2 Å². The molecule has 2 amide bonds. The van der Waals surface area contributed by atoms with Crippen molar-refractivity contribution in [3.8, 4) is 0 Å². The number of halogens is 3. The molecule has 28 heavy (non-hydrogen) atoms. The third kappa shape index (κ3) is 2.44. The summed E-state index contributed by atoms with van der Waals surface area (Å²) in [6.07, 6.45) is 4.55. The molecule has 1 aromatic heterocycles. The molecule has 1 atom stereocenters. The topological polar surface area (TPSA) is 53.5 Å². The molecule has 1 aromatic rings. The molecule has 5 nitrogen and oxygen atoms in total. The zero-order chi connectivity index (χ0) is 19.7. The van der Waals surface area contributed by atoms with Crippen LogP contribution in [0, 0.1) is 5.41 Å². The third-order valence-electron chi connectivity index (χ3n) is 7.16. The molecule has 5 rings (SSSR count). The van der Waals surface area contributed by atoms with E-state index in [4.69, 9.17) is 11.6 Å². The average Bonchev–Trinajstić information content (AvgIpc) is 2.94. The molecule has 1 saturated heterocycles. The molecule has 8 heteroatoms. The number of carbonyl (C=O) groups is 2. The van der Waals surface area contributed by atoms with Crippen molar-refractivity contribution in [1.82, 2.24) is 9.88 Å². The highest BCUT2D eigenvalue weighted by molar-refractivity contribution is 6.29. The first kappa shape index (κ1) is 18.3. The normalized spacial score (nSPS) is 29.6. The fraction of sp³-hybridized carbons (Fsp3) is 0.650. The van der Waals surface area contributed by atoms with E-state index in [-0.39, 0.29) is 31.3 Å². The van der Waals surface area contributed by atoms with E-state index in [1.807, 2.05) is 0 Å². The van der Waals surface area contributed by atoms with Gasteiger partial charge in [-0.2, -0.15) is 0 Å². The Kier molecular flexibility index (Phi) is 3.84. The second kappa shape index (κ2) is 5.88. The van der Waals surface area contributed by atoms with Crippen LogP contribution in [0.2, 0.25) is 5.15 Å². The van der Waals surface area contributed by atoms with Crippen LogP contribution in [0.4, 0.5) is 14.5 Å². The average molecular weight is 410 g/mol. The Hall–Kier alpha value is -1.76. The largest absolute Gasteiger partial charge is 0.340 e. The van der Waals surface area contributed by atoms with E-state index in [0.29, 0.717) is 42.3 Å². The summed E-state index contributed by atoms with van der Waals surface area (Å²) in [4.78, 5) is 33.7. The molecule has 4 aliphatic rings. The Bertz CT molecular complexity index is 871. The minimum Gasteiger partial charge on any atom is -0.340 e. The molecule has 2 spiro atoms. The summed E-state index contributed by atoms with van der Waals surface area (Å²) < 4.78 is 27.3. The number of fused-ring (bicyclic) bond motifs is 2. The summed E-state index contributed by atoms with van der Waals surface area (Å²) in [5, 5.41) is 0.335. The van der Waals surface area contributed by atoms with Crippen molar-refractivity contribution >= 4 is 29.1 Å². The molecule has 1 unspecified atom stereocenters. The van der Waals surface area contributed by atoms with Crippen molar-refractivity contribution in [1.29, 1.82) is 0 Å². The summed E-state index contributed by atoms with van der Waals surface area (Å²) in [6, 6.07) is 3.38. The number of hydrogen-bond acceptors (Lipinski definition) is 3. The Morgan fingerprint density at radius 2 is 1.89 bits per heavy atom. The number of nitrogens with zero attached hydrogens (tertiary/aromatic N) is 3. The second-order valence-electron chi connectivity index (χ2n) is 8.76. The summed E-state index contributed by atoms with van der Waals surface area (Å²) >= 11 is 6.11. The van der Waals surface area contributed by atoms with E-state index < -0.39 is 16.8 Å². The fourth-order valence-electron chi connectivity index (χ4n) is 5.37. The molecule has 3 fully saturated rings. The lowest BCUT2D eigenvalue weighted by Gasteiger charge is -2.31. The molecule has 0 N–H and O–H groups in total. The minimum absolute atomic E-state index is 0.0811. The van der Waals surface area contributed by atoms with Crippen molar-refractivity contribution in [2.24, 2.45) is 5.41 Å². The zero-order valence-corrected chi connectivity index (χ0v) is 16.3. The molecule has 2 aliphatic heterocycles. The number of hydrogen-bond donors (Lipinski definition) is 0. The van der Waals surface area contributed by atoms with Gasteiger partial charge in [0, 0.05) is 19.5 Å². The summed E-state index contributed by atoms with van der Waals surface area (Å²) in [5.41, 5.74) is -0.427. The number of likely N-dealkylation sites (tertiary alicyclic amines) is 1. The Labute approximate surface area is 167 Å². The number of carbonyl (C=O) groups excluding carboxylic acids is 2. The van der Waals surface area contributed by atoms with Crippen LogP contribution in [0.25, 0.3) is 0 Å². The van der Waals surface area contributed by atoms with E-state index in [1.54, 1.807) is 12.1 Å². The molecule has 0 aromatic carbocycles. The molecular formula is C20H22ClF2N3O2. The minimum atomic E-state index is -2.66. The summed E-state index contributed by atoms with van der Waals surface area (Å²) in [5.74, 6) is -3.04. The molecule has 2 saturated carbocycles. The maximum absolute atomic E-state index is 13.6. The third-order valence-corrected chi connectivity index (χ3v) is 7.37. The number of anilines is 1. The van der Waals surface area contributed by atoms with Gasteiger partial charge in [0.15, 0.2) is 0 Å². The van der Waals surface area contributed by atoms with E-state index in [9.17, 15) is 18.4 Å². The van der Waals surface area contributed by atoms with E-state index in [2.05, 4.69) is 4.98 Å². The lowest BCUT2D eigenvalue weighted by molar-refractivity contribution is -0.132. The van der Waals surface area contributed by atoms with Crippen LogP contribution in [-0.4, -0.2) is 47.3 Å². The number of alkyl halides is 2. The quantitative estimate of drug-likeness (QED) is 0.702. The van der Waals surface area contributed by atoms with E-state index in [0.717, 1.165) is 19.3 Å². The van der Waals surface area contributed by atoms with Gasteiger partial charge >= 0.3 is 0 Å². The number of aromatic nitrogens is 1. The molecule has 0 bridgehead atoms. The molecule has 2 aliphatic carbocycles. The van der Waals surface area contributed by atoms with Gasteiger partial charge in [-0.3, -0.25) is 9.59 Å². The summed E-state index contributed by atoms with van der Waals surface area (Å²) in [6.45, 7) is 0.281. The van der Waals surface area contributed by atoms with Crippen LogP contribution in [0.3, 0.4) is 0 Å². The van der Waals surface area contributed by atoms with Crippen LogP contribution in [0.5, 0.6) is 0 Å². The molecule has 150 valence electrons. The van der Waals surface area contributed by atoms with E-state index >= 15 is 0 Å². The van der Waals surface area contributed by atoms with Gasteiger partial charge in [0.25, 0.3) is 5.92 Å². The van der Waals surface area contributed by atoms with Crippen LogP contribution >= 0.6 is 11.6 Å². The number of pyridine rings is 1. The fourth-order valence-corrected chi connectivity index (χ4v) is 5.52. The summed E-state index contributed by atoms with van der Waals surface area (Å²) in [7, 11) is 0. The molecule has 3 heterocycles. The zero-order valence-electron chi connectivity index (χ0n) is 15.5. The van der Waals surface area contributed by atoms with Crippen molar-refractivity contribution < 1.29 is 18.4 Å². The maximum atomic E-state index is 13.6. The van der Waals surface area contributed by atoms with Crippen LogP contribution in [0.1, 0.15) is 50.6 Å². The smallest absolute Gasteiger partial charge is 0.256 e. The molecular weight excluding hydrogens is 388 g/mol. The van der Waals surface area contributed by atoms with E-state index in [1.165, 1.54) is 9.80 Å². The van der Waals surface area contributed by atoms with Gasteiger partial charge in [-0.05, 0) is 31.4 Å². The van der Waals surface area contributed by atoms with Crippen molar-refractivity contribution in [2.45, 2.75) is 56.3 Å². The SMILES string of the molecule is O=C(CN1C(=O)C2(CCCCC2)c2nc(Cl)ccc21)N1CCC2(C1)CC2(F)F. The van der Waals surface area contributed by atoms with Crippen molar-refractivity contribution in [3.63, 3.8) is 0 Å². The number of amides is 2. The van der Waals surface area contributed by atoms with Gasteiger partial charge in [0.2, 0.25) is 11.8 Å². The van der Waals surface area contributed by atoms with Gasteiger partial charge in [0.1, 0.15) is 11.7 Å². The highest BCUT2D eigenvalue weighted by Crippen LogP contribution is 2.65. The van der Waals surface area contributed by atoms with Crippen LogP contribution < -0.4 is 4.90 Å². The predicted octanol–water partition coefficient (Wildman–Crippen LogP) is 3.54.